The summed E-state index contributed by atoms with van der Waals surface area (Å²) in [6, 6.07) is 6.74. The molecule has 1 unspecified atom stereocenters. The van der Waals surface area contributed by atoms with E-state index >= 15 is 0 Å². The highest BCUT2D eigenvalue weighted by atomic mass is 32.2. The molecule has 106 valence electrons. The van der Waals surface area contributed by atoms with Gasteiger partial charge in [-0.05, 0) is 29.4 Å². The molecule has 0 spiro atoms. The average Bonchev–Trinajstić information content (AvgIpc) is 2.31. The van der Waals surface area contributed by atoms with E-state index in [1.165, 1.54) is 0 Å². The number of phenols is 1. The van der Waals surface area contributed by atoms with Gasteiger partial charge < -0.3 is 10.4 Å². The summed E-state index contributed by atoms with van der Waals surface area (Å²) in [4.78, 5) is 11.9. The third-order valence-electron chi connectivity index (χ3n) is 3.04. The Bertz CT molecular complexity index is 409. The van der Waals surface area contributed by atoms with Gasteiger partial charge in [0, 0.05) is 11.8 Å². The van der Waals surface area contributed by atoms with Crippen molar-refractivity contribution in [2.24, 2.45) is 5.41 Å². The number of hydrogen-bond donors (Lipinski definition) is 2. The maximum Gasteiger partial charge on any atom is 0.224 e. The topological polar surface area (TPSA) is 49.3 Å². The number of rotatable bonds is 5. The summed E-state index contributed by atoms with van der Waals surface area (Å²) in [6.07, 6.45) is 2.42. The quantitative estimate of drug-likeness (QED) is 0.872. The maximum atomic E-state index is 11.9. The maximum absolute atomic E-state index is 11.9. The number of benzene rings is 1. The largest absolute Gasteiger partial charge is 0.508 e. The van der Waals surface area contributed by atoms with E-state index < -0.39 is 0 Å². The van der Waals surface area contributed by atoms with Crippen LogP contribution in [0.4, 0.5) is 0 Å². The zero-order valence-electron chi connectivity index (χ0n) is 12.1. The van der Waals surface area contributed by atoms with Crippen LogP contribution in [0.5, 0.6) is 5.75 Å². The zero-order chi connectivity index (χ0) is 14.5. The molecule has 0 saturated heterocycles. The van der Waals surface area contributed by atoms with Gasteiger partial charge in [-0.1, -0.05) is 32.9 Å². The van der Waals surface area contributed by atoms with Gasteiger partial charge in [0.1, 0.15) is 5.75 Å². The van der Waals surface area contributed by atoms with E-state index in [9.17, 15) is 9.90 Å². The summed E-state index contributed by atoms with van der Waals surface area (Å²) in [5.74, 6) is 0.244. The summed E-state index contributed by atoms with van der Waals surface area (Å²) in [5.41, 5.74) is 1.08. The highest BCUT2D eigenvalue weighted by Crippen LogP contribution is 2.28. The molecule has 0 aromatic heterocycles. The molecule has 0 radical (unpaired) electrons. The summed E-state index contributed by atoms with van der Waals surface area (Å²) in [6.45, 7) is 7.22. The molecule has 0 aliphatic rings. The Labute approximate surface area is 119 Å². The number of aromatic hydroxyl groups is 1. The fraction of sp³-hybridized carbons (Fsp3) is 0.533. The Morgan fingerprint density at radius 2 is 1.89 bits per heavy atom. The fourth-order valence-electron chi connectivity index (χ4n) is 1.81. The van der Waals surface area contributed by atoms with Gasteiger partial charge in [-0.15, -0.1) is 0 Å². The second-order valence-corrected chi connectivity index (χ2v) is 6.78. The first-order chi connectivity index (χ1) is 8.82. The molecular weight excluding hydrogens is 258 g/mol. The summed E-state index contributed by atoms with van der Waals surface area (Å²) in [7, 11) is 0. The van der Waals surface area contributed by atoms with Crippen LogP contribution in [0.2, 0.25) is 0 Å². The van der Waals surface area contributed by atoms with Crippen LogP contribution in [-0.4, -0.2) is 29.1 Å². The van der Waals surface area contributed by atoms with Crippen molar-refractivity contribution in [1.29, 1.82) is 0 Å². The first-order valence-corrected chi connectivity index (χ1v) is 7.69. The lowest BCUT2D eigenvalue weighted by molar-refractivity contribution is -0.120. The van der Waals surface area contributed by atoms with Crippen LogP contribution in [0.3, 0.4) is 0 Å². The van der Waals surface area contributed by atoms with Gasteiger partial charge in [0.15, 0.2) is 0 Å². The van der Waals surface area contributed by atoms with Gasteiger partial charge in [0.25, 0.3) is 0 Å². The predicted octanol–water partition coefficient (Wildman–Crippen LogP) is 2.83. The molecule has 19 heavy (non-hydrogen) atoms. The molecule has 0 bridgehead atoms. The minimum atomic E-state index is 0.0222. The lowest BCUT2D eigenvalue weighted by Crippen LogP contribution is -2.37. The predicted molar refractivity (Wildman–Crippen MR) is 81.6 cm³/mol. The second kappa shape index (κ2) is 6.85. The monoisotopic (exact) mass is 281 g/mol. The number of carbonyl (C=O) groups excluding carboxylic acids is 1. The molecule has 1 atom stereocenters. The van der Waals surface area contributed by atoms with Crippen molar-refractivity contribution in [2.45, 2.75) is 32.4 Å². The molecule has 0 aliphatic carbocycles. The van der Waals surface area contributed by atoms with E-state index in [-0.39, 0.29) is 17.1 Å². The second-order valence-electron chi connectivity index (χ2n) is 5.74. The lowest BCUT2D eigenvalue weighted by atomic mass is 9.91. The molecule has 1 aromatic rings. The minimum Gasteiger partial charge on any atom is -0.508 e. The number of phenolic OH excluding ortho intramolecular Hbond substituents is 1. The van der Waals surface area contributed by atoms with Gasteiger partial charge in [0.05, 0.1) is 6.42 Å². The van der Waals surface area contributed by atoms with E-state index in [2.05, 4.69) is 32.3 Å². The van der Waals surface area contributed by atoms with Crippen molar-refractivity contribution in [3.63, 3.8) is 0 Å². The Kier molecular flexibility index (Phi) is 5.73. The first kappa shape index (κ1) is 15.9. The molecule has 1 rings (SSSR count). The first-order valence-electron chi connectivity index (χ1n) is 6.40. The van der Waals surface area contributed by atoms with Crippen molar-refractivity contribution < 1.29 is 9.90 Å². The van der Waals surface area contributed by atoms with Crippen molar-refractivity contribution in [3.05, 3.63) is 29.8 Å². The number of carbonyl (C=O) groups is 1. The van der Waals surface area contributed by atoms with Gasteiger partial charge in [0.2, 0.25) is 5.91 Å². The highest BCUT2D eigenvalue weighted by molar-refractivity contribution is 7.99. The number of amides is 1. The summed E-state index contributed by atoms with van der Waals surface area (Å²) in [5, 5.41) is 12.6. The molecular formula is C15H23NO2S. The van der Waals surface area contributed by atoms with Crippen LogP contribution in [0, 0.1) is 5.41 Å². The van der Waals surface area contributed by atoms with E-state index in [1.54, 1.807) is 36.0 Å². The summed E-state index contributed by atoms with van der Waals surface area (Å²) < 4.78 is 0. The van der Waals surface area contributed by atoms with Crippen molar-refractivity contribution in [1.82, 2.24) is 5.32 Å². The van der Waals surface area contributed by atoms with Gasteiger partial charge in [-0.3, -0.25) is 4.79 Å². The van der Waals surface area contributed by atoms with Crippen molar-refractivity contribution in [3.8, 4) is 5.75 Å². The minimum absolute atomic E-state index is 0.0222. The number of hydrogen-bond acceptors (Lipinski definition) is 3. The van der Waals surface area contributed by atoms with Crippen LogP contribution in [-0.2, 0) is 11.2 Å². The van der Waals surface area contributed by atoms with Crippen LogP contribution in [0.1, 0.15) is 26.3 Å². The van der Waals surface area contributed by atoms with Crippen molar-refractivity contribution in [2.75, 3.05) is 12.8 Å². The van der Waals surface area contributed by atoms with Gasteiger partial charge in [-0.25, -0.2) is 0 Å². The molecule has 0 fully saturated rings. The third-order valence-corrected chi connectivity index (χ3v) is 4.48. The van der Waals surface area contributed by atoms with Crippen LogP contribution in [0.15, 0.2) is 24.3 Å². The Morgan fingerprint density at radius 3 is 2.37 bits per heavy atom. The standard InChI is InChI=1S/C15H23NO2S/c1-15(2,3)13(19-4)10-16-14(18)9-11-5-7-12(17)8-6-11/h5-8,13,17H,9-10H2,1-4H3,(H,16,18). The van der Waals surface area contributed by atoms with Crippen molar-refractivity contribution >= 4 is 17.7 Å². The molecule has 4 heteroatoms. The third kappa shape index (κ3) is 5.55. The van der Waals surface area contributed by atoms with E-state index in [1.807, 2.05) is 0 Å². The van der Waals surface area contributed by atoms with Crippen LogP contribution in [0.25, 0.3) is 0 Å². The normalized spacial score (nSPS) is 13.1. The number of nitrogens with one attached hydrogen (secondary N) is 1. The fourth-order valence-corrected chi connectivity index (χ4v) is 2.77. The molecule has 0 heterocycles. The van der Waals surface area contributed by atoms with E-state index in [0.717, 1.165) is 5.56 Å². The average molecular weight is 281 g/mol. The van der Waals surface area contributed by atoms with Crippen LogP contribution >= 0.6 is 11.8 Å². The van der Waals surface area contributed by atoms with Gasteiger partial charge in [-0.2, -0.15) is 11.8 Å². The molecule has 3 nitrogen and oxygen atoms in total. The number of thioether (sulfide) groups is 1. The Morgan fingerprint density at radius 1 is 1.32 bits per heavy atom. The highest BCUT2D eigenvalue weighted by Gasteiger charge is 2.23. The smallest absolute Gasteiger partial charge is 0.224 e. The van der Waals surface area contributed by atoms with Crippen LogP contribution < -0.4 is 5.32 Å². The molecule has 1 amide bonds. The molecule has 0 saturated carbocycles. The molecule has 1 aromatic carbocycles. The SMILES string of the molecule is CSC(CNC(=O)Cc1ccc(O)cc1)C(C)(C)C. The Balaban J connectivity index is 2.45. The van der Waals surface area contributed by atoms with E-state index in [0.29, 0.717) is 18.2 Å². The zero-order valence-corrected chi connectivity index (χ0v) is 12.9. The van der Waals surface area contributed by atoms with E-state index in [4.69, 9.17) is 0 Å². The lowest BCUT2D eigenvalue weighted by Gasteiger charge is -2.29. The van der Waals surface area contributed by atoms with Gasteiger partial charge >= 0.3 is 0 Å². The molecule has 0 aliphatic heterocycles. The summed E-state index contributed by atoms with van der Waals surface area (Å²) >= 11 is 1.78. The molecule has 2 N–H and O–H groups in total. The Hall–Kier alpha value is -1.16.